The zero-order valence-electron chi connectivity index (χ0n) is 27.5. The van der Waals surface area contributed by atoms with Gasteiger partial charge in [0.2, 0.25) is 0 Å². The van der Waals surface area contributed by atoms with Crippen molar-refractivity contribution in [3.63, 3.8) is 0 Å². The number of imidazole rings is 1. The highest BCUT2D eigenvalue weighted by molar-refractivity contribution is 6.16. The number of rotatable bonds is 5. The summed E-state index contributed by atoms with van der Waals surface area (Å²) in [5.74, 6) is 0.726. The van der Waals surface area contributed by atoms with Crippen molar-refractivity contribution in [2.24, 2.45) is 0 Å². The molecule has 10 aromatic rings. The molecule has 0 radical (unpaired) electrons. The maximum Gasteiger partial charge on any atom is 0.160 e. The summed E-state index contributed by atoms with van der Waals surface area (Å²) in [6.07, 6.45) is 4.20. The first kappa shape index (κ1) is 29.0. The summed E-state index contributed by atoms with van der Waals surface area (Å²) in [6.45, 7) is 0. The lowest BCUT2D eigenvalue weighted by Crippen LogP contribution is -1.95. The average molecular weight is 652 g/mol. The molecule has 0 N–H and O–H groups in total. The minimum Gasteiger partial charge on any atom is -0.306 e. The highest BCUT2D eigenvalue weighted by Crippen LogP contribution is 2.37. The van der Waals surface area contributed by atoms with Gasteiger partial charge in [0.05, 0.1) is 28.1 Å². The van der Waals surface area contributed by atoms with Crippen molar-refractivity contribution in [1.82, 2.24) is 24.3 Å². The van der Waals surface area contributed by atoms with E-state index in [4.69, 9.17) is 19.9 Å². The van der Waals surface area contributed by atoms with Crippen LogP contribution in [-0.4, -0.2) is 24.3 Å². The number of para-hydroxylation sites is 2. The van der Waals surface area contributed by atoms with Crippen LogP contribution in [0.1, 0.15) is 0 Å². The van der Waals surface area contributed by atoms with Crippen LogP contribution in [-0.2, 0) is 0 Å². The van der Waals surface area contributed by atoms with E-state index in [2.05, 4.69) is 138 Å². The first-order valence-electron chi connectivity index (χ1n) is 17.1. The van der Waals surface area contributed by atoms with Crippen LogP contribution in [0.25, 0.3) is 94.5 Å². The second kappa shape index (κ2) is 11.9. The summed E-state index contributed by atoms with van der Waals surface area (Å²) in [6, 6.07) is 56.6. The molecule has 51 heavy (non-hydrogen) atoms. The van der Waals surface area contributed by atoms with Crippen LogP contribution >= 0.6 is 0 Å². The molecule has 10 rings (SSSR count). The molecule has 238 valence electrons. The highest BCUT2D eigenvalue weighted by atomic mass is 15.0. The molecule has 0 spiro atoms. The Hall–Kier alpha value is -6.98. The molecular weight excluding hydrogens is 623 g/mol. The molecule has 0 aliphatic rings. The lowest BCUT2D eigenvalue weighted by atomic mass is 9.97. The molecule has 5 nitrogen and oxygen atoms in total. The topological polar surface area (TPSA) is 56.0 Å². The number of benzene rings is 6. The van der Waals surface area contributed by atoms with E-state index in [9.17, 15) is 0 Å². The third-order valence-electron chi connectivity index (χ3n) is 9.64. The summed E-state index contributed by atoms with van der Waals surface area (Å²) in [7, 11) is 0. The molecule has 0 saturated heterocycles. The Kier molecular flexibility index (Phi) is 6.74. The van der Waals surface area contributed by atoms with Crippen LogP contribution in [0.15, 0.2) is 176 Å². The van der Waals surface area contributed by atoms with E-state index in [0.717, 1.165) is 94.5 Å². The minimum atomic E-state index is 0.726. The van der Waals surface area contributed by atoms with Crippen molar-refractivity contribution in [3.05, 3.63) is 176 Å². The van der Waals surface area contributed by atoms with Crippen LogP contribution in [0.4, 0.5) is 0 Å². The average Bonchev–Trinajstić information content (AvgIpc) is 3.66. The molecule has 4 heterocycles. The van der Waals surface area contributed by atoms with Crippen LogP contribution in [0.2, 0.25) is 0 Å². The third-order valence-corrected chi connectivity index (χ3v) is 9.64. The Bertz CT molecular complexity index is 2880. The fourth-order valence-electron chi connectivity index (χ4n) is 7.10. The van der Waals surface area contributed by atoms with Gasteiger partial charge in [-0.3, -0.25) is 0 Å². The normalized spacial score (nSPS) is 11.5. The van der Waals surface area contributed by atoms with E-state index in [-0.39, 0.29) is 0 Å². The molecule has 0 atom stereocenters. The lowest BCUT2D eigenvalue weighted by molar-refractivity contribution is 1.20. The zero-order valence-corrected chi connectivity index (χ0v) is 27.5. The van der Waals surface area contributed by atoms with Crippen LogP contribution < -0.4 is 0 Å². The largest absolute Gasteiger partial charge is 0.306 e. The smallest absolute Gasteiger partial charge is 0.160 e. The Labute approximate surface area is 294 Å². The standard InChI is InChI=1S/C46H29N5/c1-3-11-32(12-4-1)41-29-51-28-27-38-42(46(51)49-41)36-15-7-9-17-39(36)47-44(38)34-25-21-31(22-26-34)30-19-23-33(24-20-30)43-37-16-8-10-18-40(37)48-45(50-43)35-13-5-2-6-14-35/h1-29H. The van der Waals surface area contributed by atoms with Crippen molar-refractivity contribution in [2.45, 2.75) is 0 Å². The summed E-state index contributed by atoms with van der Waals surface area (Å²) in [5, 5.41) is 4.31. The van der Waals surface area contributed by atoms with Crippen LogP contribution in [0.3, 0.4) is 0 Å². The molecule has 4 aromatic heterocycles. The third kappa shape index (κ3) is 5.03. The van der Waals surface area contributed by atoms with E-state index in [0.29, 0.717) is 0 Å². The number of fused-ring (bicyclic) bond motifs is 6. The first-order valence-corrected chi connectivity index (χ1v) is 17.1. The predicted molar refractivity (Wildman–Crippen MR) is 208 cm³/mol. The van der Waals surface area contributed by atoms with Gasteiger partial charge in [-0.1, -0.05) is 146 Å². The molecule has 0 amide bonds. The SMILES string of the molecule is c1ccc(-c2cn3ccc4c(-c5ccc(-c6ccc(-c7nc(-c8ccccc8)nc8ccccc78)cc6)cc5)nc5ccccc5c4c3n2)cc1. The van der Waals surface area contributed by atoms with Gasteiger partial charge in [-0.05, 0) is 29.3 Å². The van der Waals surface area contributed by atoms with Gasteiger partial charge in [-0.15, -0.1) is 0 Å². The van der Waals surface area contributed by atoms with Crippen molar-refractivity contribution in [3.8, 4) is 56.3 Å². The van der Waals surface area contributed by atoms with E-state index in [1.165, 1.54) is 0 Å². The predicted octanol–water partition coefficient (Wildman–Crippen LogP) is 11.3. The summed E-state index contributed by atoms with van der Waals surface area (Å²) < 4.78 is 2.13. The quantitative estimate of drug-likeness (QED) is 0.174. The van der Waals surface area contributed by atoms with E-state index in [1.54, 1.807) is 0 Å². The molecule has 0 aliphatic carbocycles. The first-order chi connectivity index (χ1) is 25.3. The van der Waals surface area contributed by atoms with Gasteiger partial charge in [-0.25, -0.2) is 19.9 Å². The Morgan fingerprint density at radius 2 is 0.882 bits per heavy atom. The molecule has 0 bridgehead atoms. The van der Waals surface area contributed by atoms with Crippen LogP contribution in [0.5, 0.6) is 0 Å². The highest BCUT2D eigenvalue weighted by Gasteiger charge is 2.16. The minimum absolute atomic E-state index is 0.726. The monoisotopic (exact) mass is 651 g/mol. The second-order valence-electron chi connectivity index (χ2n) is 12.7. The van der Waals surface area contributed by atoms with E-state index < -0.39 is 0 Å². The molecule has 6 aromatic carbocycles. The van der Waals surface area contributed by atoms with E-state index in [1.807, 2.05) is 42.5 Å². The van der Waals surface area contributed by atoms with Crippen molar-refractivity contribution < 1.29 is 0 Å². The van der Waals surface area contributed by atoms with E-state index >= 15 is 0 Å². The van der Waals surface area contributed by atoms with Gasteiger partial charge < -0.3 is 4.40 Å². The fourth-order valence-corrected chi connectivity index (χ4v) is 7.10. The van der Waals surface area contributed by atoms with Crippen molar-refractivity contribution in [2.75, 3.05) is 0 Å². The molecule has 0 aliphatic heterocycles. The maximum atomic E-state index is 5.20. The Morgan fingerprint density at radius 1 is 0.353 bits per heavy atom. The molecular formula is C46H29N5. The van der Waals surface area contributed by atoms with Gasteiger partial charge in [-0.2, -0.15) is 0 Å². The van der Waals surface area contributed by atoms with Crippen molar-refractivity contribution in [1.29, 1.82) is 0 Å². The lowest BCUT2D eigenvalue weighted by Gasteiger charge is -2.12. The number of hydrogen-bond donors (Lipinski definition) is 0. The number of pyridine rings is 2. The van der Waals surface area contributed by atoms with Gasteiger partial charge >= 0.3 is 0 Å². The number of nitrogens with zero attached hydrogens (tertiary/aromatic N) is 5. The van der Waals surface area contributed by atoms with Crippen LogP contribution in [0, 0.1) is 0 Å². The van der Waals surface area contributed by atoms with Crippen molar-refractivity contribution >= 4 is 38.2 Å². The zero-order chi connectivity index (χ0) is 33.7. The fraction of sp³-hybridized carbons (Fsp3) is 0. The van der Waals surface area contributed by atoms with Gasteiger partial charge in [0.1, 0.15) is 5.65 Å². The summed E-state index contributed by atoms with van der Waals surface area (Å²) in [5.41, 5.74) is 12.1. The second-order valence-corrected chi connectivity index (χ2v) is 12.7. The number of hydrogen-bond acceptors (Lipinski definition) is 4. The maximum absolute atomic E-state index is 5.20. The summed E-state index contributed by atoms with van der Waals surface area (Å²) >= 11 is 0. The van der Waals surface area contributed by atoms with Gasteiger partial charge in [0, 0.05) is 56.2 Å². The molecule has 0 unspecified atom stereocenters. The number of aromatic nitrogens is 5. The Balaban J connectivity index is 1.03. The van der Waals surface area contributed by atoms with Gasteiger partial charge in [0.25, 0.3) is 0 Å². The Morgan fingerprint density at radius 3 is 1.55 bits per heavy atom. The summed E-state index contributed by atoms with van der Waals surface area (Å²) in [4.78, 5) is 20.3. The van der Waals surface area contributed by atoms with Gasteiger partial charge in [0.15, 0.2) is 5.82 Å². The molecule has 0 fully saturated rings. The molecule has 0 saturated carbocycles. The molecule has 5 heteroatoms.